The highest BCUT2D eigenvalue weighted by Crippen LogP contribution is 2.28. The lowest BCUT2D eigenvalue weighted by Gasteiger charge is -2.17. The molecule has 4 nitrogen and oxygen atoms in total. The highest BCUT2D eigenvalue weighted by molar-refractivity contribution is 7.89. The molecule has 0 amide bonds. The Morgan fingerprint density at radius 1 is 1.43 bits per heavy atom. The first-order chi connectivity index (χ1) is 9.98. The molecule has 6 heteroatoms. The van der Waals surface area contributed by atoms with Gasteiger partial charge in [0.1, 0.15) is 0 Å². The third kappa shape index (κ3) is 3.77. The summed E-state index contributed by atoms with van der Waals surface area (Å²) in [4.78, 5) is 0.342. The van der Waals surface area contributed by atoms with E-state index in [4.69, 9.17) is 11.6 Å². The van der Waals surface area contributed by atoms with Crippen LogP contribution in [-0.2, 0) is 16.6 Å². The van der Waals surface area contributed by atoms with Crippen LogP contribution < -0.4 is 5.32 Å². The number of hydrogen-bond donors (Lipinski definition) is 1. The Bertz CT molecular complexity index is 589. The Balaban J connectivity index is 2.22. The molecule has 1 aliphatic rings. The average Bonchev–Trinajstić information content (AvgIpc) is 2.91. The maximum absolute atomic E-state index is 12.7. The second-order valence-corrected chi connectivity index (χ2v) is 7.94. The van der Waals surface area contributed by atoms with Crippen LogP contribution in [0.3, 0.4) is 0 Å². The standard InChI is InChI=1S/C15H23ClN2O2S/c1-3-4-12-7-8-18(11-12)21(19,20)14-5-6-15(16)13(9-14)10-17-2/h5-6,9,12,17H,3-4,7-8,10-11H2,1-2H3. The van der Waals surface area contributed by atoms with E-state index in [-0.39, 0.29) is 0 Å². The van der Waals surface area contributed by atoms with E-state index in [1.54, 1.807) is 22.5 Å². The van der Waals surface area contributed by atoms with Crippen molar-refractivity contribution >= 4 is 21.6 Å². The summed E-state index contributed by atoms with van der Waals surface area (Å²) >= 11 is 6.10. The van der Waals surface area contributed by atoms with Crippen LogP contribution in [0.2, 0.25) is 5.02 Å². The Morgan fingerprint density at radius 3 is 2.86 bits per heavy atom. The molecule has 118 valence electrons. The smallest absolute Gasteiger partial charge is 0.243 e. The van der Waals surface area contributed by atoms with Crippen LogP contribution in [0.5, 0.6) is 0 Å². The fraction of sp³-hybridized carbons (Fsp3) is 0.600. The van der Waals surface area contributed by atoms with Gasteiger partial charge in [-0.1, -0.05) is 24.9 Å². The molecule has 1 saturated heterocycles. The van der Waals surface area contributed by atoms with Crippen molar-refractivity contribution in [1.82, 2.24) is 9.62 Å². The van der Waals surface area contributed by atoms with Gasteiger partial charge in [-0.3, -0.25) is 0 Å². The molecule has 21 heavy (non-hydrogen) atoms. The van der Waals surface area contributed by atoms with Gasteiger partial charge in [-0.2, -0.15) is 4.31 Å². The van der Waals surface area contributed by atoms with Crippen LogP contribution in [-0.4, -0.2) is 32.9 Å². The Morgan fingerprint density at radius 2 is 2.19 bits per heavy atom. The summed E-state index contributed by atoms with van der Waals surface area (Å²) in [6.45, 7) is 3.96. The normalized spacial score (nSPS) is 20.0. The molecule has 0 radical (unpaired) electrons. The van der Waals surface area contributed by atoms with E-state index in [9.17, 15) is 8.42 Å². The third-order valence-electron chi connectivity index (χ3n) is 3.97. The van der Waals surface area contributed by atoms with Gasteiger partial charge in [-0.05, 0) is 49.6 Å². The van der Waals surface area contributed by atoms with Gasteiger partial charge in [-0.25, -0.2) is 8.42 Å². The largest absolute Gasteiger partial charge is 0.316 e. The predicted octanol–water partition coefficient (Wildman–Crippen LogP) is 2.87. The lowest BCUT2D eigenvalue weighted by atomic mass is 10.0. The minimum Gasteiger partial charge on any atom is -0.316 e. The molecule has 0 aromatic heterocycles. The minimum atomic E-state index is -3.40. The van der Waals surface area contributed by atoms with Crippen molar-refractivity contribution in [1.29, 1.82) is 0 Å². The summed E-state index contributed by atoms with van der Waals surface area (Å²) < 4.78 is 27.0. The van der Waals surface area contributed by atoms with Gasteiger partial charge in [0.2, 0.25) is 10.0 Å². The average molecular weight is 331 g/mol. The number of hydrogen-bond acceptors (Lipinski definition) is 3. The van der Waals surface area contributed by atoms with Crippen LogP contribution in [0.1, 0.15) is 31.7 Å². The Labute approximate surface area is 132 Å². The van der Waals surface area contributed by atoms with Gasteiger partial charge in [0, 0.05) is 24.7 Å². The number of nitrogens with one attached hydrogen (secondary N) is 1. The molecule has 1 N–H and O–H groups in total. The molecule has 0 saturated carbocycles. The van der Waals surface area contributed by atoms with Gasteiger partial charge >= 0.3 is 0 Å². The summed E-state index contributed by atoms with van der Waals surface area (Å²) in [5.41, 5.74) is 0.810. The first-order valence-electron chi connectivity index (χ1n) is 7.42. The van der Waals surface area contributed by atoms with E-state index in [0.717, 1.165) is 24.8 Å². The van der Waals surface area contributed by atoms with Crippen LogP contribution >= 0.6 is 11.6 Å². The van der Waals surface area contributed by atoms with Crippen LogP contribution in [0, 0.1) is 5.92 Å². The van der Waals surface area contributed by atoms with E-state index in [2.05, 4.69) is 12.2 Å². The van der Waals surface area contributed by atoms with Crippen molar-refractivity contribution in [3.05, 3.63) is 28.8 Å². The molecule has 0 aliphatic carbocycles. The molecular weight excluding hydrogens is 308 g/mol. The molecule has 1 aliphatic heterocycles. The predicted molar refractivity (Wildman–Crippen MR) is 86.0 cm³/mol. The van der Waals surface area contributed by atoms with E-state index in [1.165, 1.54) is 0 Å². The van der Waals surface area contributed by atoms with Crippen molar-refractivity contribution in [2.75, 3.05) is 20.1 Å². The van der Waals surface area contributed by atoms with Crippen LogP contribution in [0.15, 0.2) is 23.1 Å². The zero-order valence-electron chi connectivity index (χ0n) is 12.6. The quantitative estimate of drug-likeness (QED) is 0.872. The van der Waals surface area contributed by atoms with Crippen molar-refractivity contribution < 1.29 is 8.42 Å². The number of halogens is 1. The monoisotopic (exact) mass is 330 g/mol. The number of sulfonamides is 1. The van der Waals surface area contributed by atoms with E-state index in [0.29, 0.717) is 35.5 Å². The van der Waals surface area contributed by atoms with Crippen molar-refractivity contribution in [2.45, 2.75) is 37.6 Å². The Hall–Kier alpha value is -0.620. The molecular formula is C15H23ClN2O2S. The highest BCUT2D eigenvalue weighted by Gasteiger charge is 2.32. The fourth-order valence-corrected chi connectivity index (χ4v) is 4.61. The first kappa shape index (κ1) is 16.7. The topological polar surface area (TPSA) is 49.4 Å². The van der Waals surface area contributed by atoms with Gasteiger partial charge < -0.3 is 5.32 Å². The third-order valence-corrected chi connectivity index (χ3v) is 6.20. The zero-order valence-corrected chi connectivity index (χ0v) is 14.2. The maximum Gasteiger partial charge on any atom is 0.243 e. The Kier molecular flexibility index (Phi) is 5.66. The fourth-order valence-electron chi connectivity index (χ4n) is 2.85. The number of rotatable bonds is 6. The van der Waals surface area contributed by atoms with Gasteiger partial charge in [0.25, 0.3) is 0 Å². The summed E-state index contributed by atoms with van der Waals surface area (Å²) in [5, 5.41) is 3.60. The number of nitrogens with zero attached hydrogens (tertiary/aromatic N) is 1. The molecule has 1 unspecified atom stereocenters. The summed E-state index contributed by atoms with van der Waals surface area (Å²) in [7, 11) is -1.59. The molecule has 1 fully saturated rings. The molecule has 1 heterocycles. The highest BCUT2D eigenvalue weighted by atomic mass is 35.5. The van der Waals surface area contributed by atoms with Crippen molar-refractivity contribution in [3.8, 4) is 0 Å². The number of benzene rings is 1. The van der Waals surface area contributed by atoms with Crippen LogP contribution in [0.4, 0.5) is 0 Å². The first-order valence-corrected chi connectivity index (χ1v) is 9.24. The molecule has 1 aromatic rings. The summed E-state index contributed by atoms with van der Waals surface area (Å²) in [6.07, 6.45) is 3.16. The molecule has 0 spiro atoms. The lowest BCUT2D eigenvalue weighted by molar-refractivity contribution is 0.444. The SMILES string of the molecule is CCCC1CCN(S(=O)(=O)c2ccc(Cl)c(CNC)c2)C1. The molecule has 1 aromatic carbocycles. The zero-order chi connectivity index (χ0) is 15.5. The van der Waals surface area contributed by atoms with Crippen molar-refractivity contribution in [3.63, 3.8) is 0 Å². The maximum atomic E-state index is 12.7. The minimum absolute atomic E-state index is 0.342. The molecule has 1 atom stereocenters. The van der Waals surface area contributed by atoms with Gasteiger partial charge in [0.15, 0.2) is 0 Å². The summed E-state index contributed by atoms with van der Waals surface area (Å²) in [5.74, 6) is 0.494. The van der Waals surface area contributed by atoms with E-state index in [1.807, 2.05) is 7.05 Å². The molecule has 2 rings (SSSR count). The van der Waals surface area contributed by atoms with Crippen molar-refractivity contribution in [2.24, 2.45) is 5.92 Å². The van der Waals surface area contributed by atoms with Gasteiger partial charge in [0.05, 0.1) is 4.90 Å². The van der Waals surface area contributed by atoms with E-state index >= 15 is 0 Å². The second-order valence-electron chi connectivity index (χ2n) is 5.59. The van der Waals surface area contributed by atoms with Gasteiger partial charge in [-0.15, -0.1) is 0 Å². The molecule has 0 bridgehead atoms. The lowest BCUT2D eigenvalue weighted by Crippen LogP contribution is -2.29. The van der Waals surface area contributed by atoms with Crippen LogP contribution in [0.25, 0.3) is 0 Å². The van der Waals surface area contributed by atoms with E-state index < -0.39 is 10.0 Å². The summed E-state index contributed by atoms with van der Waals surface area (Å²) in [6, 6.07) is 4.95. The second kappa shape index (κ2) is 7.09.